The summed E-state index contributed by atoms with van der Waals surface area (Å²) in [6.45, 7) is 0.837. The summed E-state index contributed by atoms with van der Waals surface area (Å²) in [5.74, 6) is 0.951. The lowest BCUT2D eigenvalue weighted by Gasteiger charge is -2.26. The van der Waals surface area contributed by atoms with Crippen molar-refractivity contribution in [2.75, 3.05) is 6.54 Å². The van der Waals surface area contributed by atoms with Crippen molar-refractivity contribution in [2.45, 2.75) is 6.42 Å². The van der Waals surface area contributed by atoms with Crippen molar-refractivity contribution in [1.29, 1.82) is 0 Å². The minimum Gasteiger partial charge on any atom is -0.292 e. The van der Waals surface area contributed by atoms with Crippen LogP contribution in [0.1, 0.15) is 6.42 Å². The van der Waals surface area contributed by atoms with Crippen LogP contribution in [0.15, 0.2) is 52.3 Å². The molecule has 0 aromatic carbocycles. The minimum atomic E-state index is 0.837. The lowest BCUT2D eigenvalue weighted by molar-refractivity contribution is 0.452. The summed E-state index contributed by atoms with van der Waals surface area (Å²) in [5.41, 5.74) is 12.6. The predicted octanol–water partition coefficient (Wildman–Crippen LogP) is 0.708. The number of nitrogens with one attached hydrogen (secondary N) is 3. The summed E-state index contributed by atoms with van der Waals surface area (Å²) in [6, 6.07) is 0. The summed E-state index contributed by atoms with van der Waals surface area (Å²) in [6.07, 6.45) is 11.2. The van der Waals surface area contributed by atoms with Gasteiger partial charge in [0.25, 0.3) is 0 Å². The molecule has 1 aliphatic carbocycles. The van der Waals surface area contributed by atoms with Crippen LogP contribution in [-0.4, -0.2) is 12.3 Å². The van der Waals surface area contributed by atoms with Crippen molar-refractivity contribution in [2.24, 2.45) is 4.99 Å². The topological polar surface area (TPSA) is 48.5 Å². The number of fused-ring (bicyclic) bond motifs is 1. The molecule has 2 heterocycles. The molecular weight excluding hydrogens is 188 g/mol. The Kier molecular flexibility index (Phi) is 2.01. The van der Waals surface area contributed by atoms with Crippen LogP contribution >= 0.6 is 0 Å². The van der Waals surface area contributed by atoms with Gasteiger partial charge in [0.05, 0.1) is 5.71 Å². The molecule has 0 radical (unpaired) electrons. The number of hydrogen-bond donors (Lipinski definition) is 3. The van der Waals surface area contributed by atoms with Crippen molar-refractivity contribution in [3.63, 3.8) is 0 Å². The van der Waals surface area contributed by atoms with Gasteiger partial charge in [-0.2, -0.15) is 5.53 Å². The first-order chi connectivity index (χ1) is 7.43. The first-order valence-corrected chi connectivity index (χ1v) is 5.02. The number of aliphatic imine (C=N–C) groups is 1. The molecule has 4 heteroatoms. The summed E-state index contributed by atoms with van der Waals surface area (Å²) >= 11 is 0. The molecule has 0 spiro atoms. The molecule has 3 rings (SSSR count). The number of rotatable bonds is 0. The third kappa shape index (κ3) is 1.54. The molecular formula is C11H12N4. The van der Waals surface area contributed by atoms with Crippen LogP contribution in [0.4, 0.5) is 0 Å². The van der Waals surface area contributed by atoms with E-state index in [-0.39, 0.29) is 0 Å². The number of hydrogen-bond acceptors (Lipinski definition) is 4. The summed E-state index contributed by atoms with van der Waals surface area (Å²) in [4.78, 5) is 4.57. The Morgan fingerprint density at radius 3 is 3.20 bits per heavy atom. The fourth-order valence-corrected chi connectivity index (χ4v) is 1.86. The second-order valence-corrected chi connectivity index (χ2v) is 3.67. The highest BCUT2D eigenvalue weighted by Crippen LogP contribution is 2.24. The number of allylic oxidation sites excluding steroid dienone is 6. The molecule has 0 fully saturated rings. The van der Waals surface area contributed by atoms with Gasteiger partial charge in [0.1, 0.15) is 5.82 Å². The zero-order valence-electron chi connectivity index (χ0n) is 8.25. The molecule has 0 saturated heterocycles. The van der Waals surface area contributed by atoms with Crippen LogP contribution in [0.3, 0.4) is 0 Å². The molecule has 76 valence electrons. The fraction of sp³-hybridized carbons (Fsp3) is 0.182. The fourth-order valence-electron chi connectivity index (χ4n) is 1.86. The van der Waals surface area contributed by atoms with Gasteiger partial charge in [0, 0.05) is 13.0 Å². The molecule has 0 bridgehead atoms. The van der Waals surface area contributed by atoms with Gasteiger partial charge in [0.15, 0.2) is 0 Å². The van der Waals surface area contributed by atoms with Crippen LogP contribution in [0.25, 0.3) is 0 Å². The molecule has 15 heavy (non-hydrogen) atoms. The maximum Gasteiger partial charge on any atom is 0.142 e. The predicted molar refractivity (Wildman–Crippen MR) is 59.7 cm³/mol. The van der Waals surface area contributed by atoms with E-state index in [2.05, 4.69) is 33.5 Å². The normalized spacial score (nSPS) is 23.5. The third-order valence-electron chi connectivity index (χ3n) is 2.64. The van der Waals surface area contributed by atoms with Gasteiger partial charge >= 0.3 is 0 Å². The lowest BCUT2D eigenvalue weighted by Crippen LogP contribution is -2.49. The smallest absolute Gasteiger partial charge is 0.142 e. The van der Waals surface area contributed by atoms with Gasteiger partial charge < -0.3 is 0 Å². The molecule has 0 aromatic heterocycles. The Labute approximate surface area is 88.1 Å². The lowest BCUT2D eigenvalue weighted by atomic mass is 9.97. The van der Waals surface area contributed by atoms with Crippen LogP contribution < -0.4 is 16.4 Å². The quantitative estimate of drug-likeness (QED) is 0.539. The average molecular weight is 200 g/mol. The van der Waals surface area contributed by atoms with Gasteiger partial charge in [-0.1, -0.05) is 24.3 Å². The van der Waals surface area contributed by atoms with Gasteiger partial charge in [-0.25, -0.2) is 10.4 Å². The molecule has 0 amide bonds. The van der Waals surface area contributed by atoms with Crippen molar-refractivity contribution >= 4 is 5.71 Å². The van der Waals surface area contributed by atoms with Gasteiger partial charge in [-0.05, 0) is 17.2 Å². The first-order valence-electron chi connectivity index (χ1n) is 5.02. The maximum atomic E-state index is 4.57. The number of hydrazine groups is 2. The van der Waals surface area contributed by atoms with Gasteiger partial charge in [0.2, 0.25) is 0 Å². The highest BCUT2D eigenvalue weighted by Gasteiger charge is 2.20. The SMILES string of the molecule is C1=CC=C2CC3=C(N=C2C=C1)NNNC3. The Morgan fingerprint density at radius 2 is 2.20 bits per heavy atom. The van der Waals surface area contributed by atoms with E-state index in [0.717, 1.165) is 24.5 Å². The van der Waals surface area contributed by atoms with E-state index in [1.807, 2.05) is 18.2 Å². The third-order valence-corrected chi connectivity index (χ3v) is 2.64. The Balaban J connectivity index is 2.03. The molecule has 3 aliphatic rings. The standard InChI is InChI=1S/C11H12N4/c1-2-4-8-6-9-7-12-15-14-11(9)13-10(8)5-3-1/h1-5,12,14-15H,6-7H2. The first kappa shape index (κ1) is 8.64. The zero-order chi connectivity index (χ0) is 10.1. The minimum absolute atomic E-state index is 0.837. The van der Waals surface area contributed by atoms with Crippen LogP contribution in [-0.2, 0) is 0 Å². The molecule has 0 saturated carbocycles. The Morgan fingerprint density at radius 1 is 1.20 bits per heavy atom. The van der Waals surface area contributed by atoms with E-state index in [1.54, 1.807) is 0 Å². The van der Waals surface area contributed by atoms with E-state index < -0.39 is 0 Å². The molecule has 4 nitrogen and oxygen atoms in total. The maximum absolute atomic E-state index is 4.57. The van der Waals surface area contributed by atoms with E-state index in [4.69, 9.17) is 0 Å². The summed E-state index contributed by atoms with van der Waals surface area (Å²) in [7, 11) is 0. The van der Waals surface area contributed by atoms with Gasteiger partial charge in [-0.3, -0.25) is 5.43 Å². The van der Waals surface area contributed by atoms with E-state index in [0.29, 0.717) is 0 Å². The van der Waals surface area contributed by atoms with Crippen molar-refractivity contribution in [1.82, 2.24) is 16.4 Å². The highest BCUT2D eigenvalue weighted by molar-refractivity contribution is 6.10. The van der Waals surface area contributed by atoms with E-state index in [9.17, 15) is 0 Å². The van der Waals surface area contributed by atoms with Crippen LogP contribution in [0.5, 0.6) is 0 Å². The Bertz CT molecular complexity index is 438. The van der Waals surface area contributed by atoms with Gasteiger partial charge in [-0.15, -0.1) is 0 Å². The van der Waals surface area contributed by atoms with Crippen LogP contribution in [0, 0.1) is 0 Å². The zero-order valence-corrected chi connectivity index (χ0v) is 8.25. The molecule has 2 aliphatic heterocycles. The molecule has 0 aromatic rings. The largest absolute Gasteiger partial charge is 0.292 e. The second-order valence-electron chi connectivity index (χ2n) is 3.67. The second kappa shape index (κ2) is 3.49. The summed E-state index contributed by atoms with van der Waals surface area (Å²) < 4.78 is 0. The average Bonchev–Trinajstić information content (AvgIpc) is 2.50. The molecule has 0 unspecified atom stereocenters. The van der Waals surface area contributed by atoms with Crippen LogP contribution in [0.2, 0.25) is 0 Å². The van der Waals surface area contributed by atoms with Crippen molar-refractivity contribution in [3.05, 3.63) is 47.3 Å². The van der Waals surface area contributed by atoms with Crippen molar-refractivity contribution in [3.8, 4) is 0 Å². The molecule has 0 atom stereocenters. The highest BCUT2D eigenvalue weighted by atomic mass is 15.6. The van der Waals surface area contributed by atoms with Crippen molar-refractivity contribution < 1.29 is 0 Å². The summed E-state index contributed by atoms with van der Waals surface area (Å²) in [5, 5.41) is 0. The number of nitrogens with zero attached hydrogens (tertiary/aromatic N) is 1. The van der Waals surface area contributed by atoms with E-state index in [1.165, 1.54) is 11.1 Å². The Hall–Kier alpha value is -1.65. The monoisotopic (exact) mass is 200 g/mol. The molecule has 3 N–H and O–H groups in total. The van der Waals surface area contributed by atoms with E-state index >= 15 is 0 Å².